The molecule has 1 amide bonds. The third kappa shape index (κ3) is 4.59. The average molecular weight is 410 g/mol. The van der Waals surface area contributed by atoms with E-state index in [4.69, 9.17) is 10.00 Å². The molecule has 0 heterocycles. The maximum atomic E-state index is 12.1. The molecule has 1 N–H and O–H groups in total. The van der Waals surface area contributed by atoms with E-state index in [0.717, 1.165) is 8.95 Å². The number of nitriles is 1. The zero-order valence-electron chi connectivity index (χ0n) is 10.8. The van der Waals surface area contributed by atoms with Crippen molar-refractivity contribution in [1.82, 2.24) is 0 Å². The number of nitrogens with zero attached hydrogens (tertiary/aromatic N) is 1. The first-order valence-corrected chi connectivity index (χ1v) is 7.54. The van der Waals surface area contributed by atoms with Gasteiger partial charge in [0.25, 0.3) is 5.91 Å². The fourth-order valence-corrected chi connectivity index (χ4v) is 2.93. The van der Waals surface area contributed by atoms with Crippen molar-refractivity contribution in [3.8, 4) is 11.8 Å². The molecule has 0 aliphatic heterocycles. The van der Waals surface area contributed by atoms with E-state index in [2.05, 4.69) is 37.2 Å². The highest BCUT2D eigenvalue weighted by Gasteiger charge is 2.08. The third-order valence-corrected chi connectivity index (χ3v) is 3.46. The number of hydrogen-bond acceptors (Lipinski definition) is 3. The molecule has 6 heteroatoms. The van der Waals surface area contributed by atoms with Gasteiger partial charge in [-0.1, -0.05) is 31.9 Å². The Morgan fingerprint density at radius 3 is 2.33 bits per heavy atom. The highest BCUT2D eigenvalue weighted by Crippen LogP contribution is 2.21. The Hall–Kier alpha value is -1.84. The molecule has 2 aromatic carbocycles. The number of carbonyl (C=O) groups is 1. The molecule has 0 aliphatic rings. The number of halogens is 2. The first kappa shape index (κ1) is 15.5. The Morgan fingerprint density at radius 1 is 1.14 bits per heavy atom. The van der Waals surface area contributed by atoms with Gasteiger partial charge in [0.2, 0.25) is 0 Å². The summed E-state index contributed by atoms with van der Waals surface area (Å²) in [5, 5.41) is 11.2. The summed E-state index contributed by atoms with van der Waals surface area (Å²) in [7, 11) is 0. The average Bonchev–Trinajstić information content (AvgIpc) is 2.45. The van der Waals surface area contributed by atoms with Gasteiger partial charge in [0.1, 0.15) is 11.8 Å². The lowest BCUT2D eigenvalue weighted by Gasteiger charge is -2.07. The van der Waals surface area contributed by atoms with Crippen LogP contribution < -0.4 is 10.1 Å². The number of ether oxygens (including phenoxy) is 1. The van der Waals surface area contributed by atoms with E-state index < -0.39 is 0 Å². The standard InChI is InChI=1S/C15H10Br2N2O2/c16-11-7-10(8-12(17)9-11)15(20)19-13-1-3-14(4-2-13)21-6-5-18/h1-4,7-9H,6H2,(H,19,20). The minimum Gasteiger partial charge on any atom is -0.479 e. The molecule has 4 nitrogen and oxygen atoms in total. The van der Waals surface area contributed by atoms with E-state index in [-0.39, 0.29) is 12.5 Å². The van der Waals surface area contributed by atoms with E-state index in [1.54, 1.807) is 36.4 Å². The van der Waals surface area contributed by atoms with Gasteiger partial charge in [-0.25, -0.2) is 0 Å². The van der Waals surface area contributed by atoms with Crippen molar-refractivity contribution in [3.63, 3.8) is 0 Å². The van der Waals surface area contributed by atoms with Crippen molar-refractivity contribution >= 4 is 43.5 Å². The number of hydrogen-bond donors (Lipinski definition) is 1. The highest BCUT2D eigenvalue weighted by molar-refractivity contribution is 9.11. The van der Waals surface area contributed by atoms with Gasteiger partial charge in [0.05, 0.1) is 0 Å². The lowest BCUT2D eigenvalue weighted by molar-refractivity contribution is 0.102. The minimum absolute atomic E-state index is 0.00221. The summed E-state index contributed by atoms with van der Waals surface area (Å²) in [6, 6.07) is 14.1. The maximum absolute atomic E-state index is 12.1. The highest BCUT2D eigenvalue weighted by atomic mass is 79.9. The molecule has 2 aromatic rings. The first-order chi connectivity index (χ1) is 10.1. The van der Waals surface area contributed by atoms with Crippen molar-refractivity contribution < 1.29 is 9.53 Å². The van der Waals surface area contributed by atoms with Gasteiger partial charge in [-0.05, 0) is 42.5 Å². The lowest BCUT2D eigenvalue weighted by Crippen LogP contribution is -2.11. The summed E-state index contributed by atoms with van der Waals surface area (Å²) in [5.41, 5.74) is 1.20. The van der Waals surface area contributed by atoms with Crippen LogP contribution in [0.15, 0.2) is 51.4 Å². The fraction of sp³-hybridized carbons (Fsp3) is 0.0667. The molecule has 2 rings (SSSR count). The molecule has 0 spiro atoms. The van der Waals surface area contributed by atoms with E-state index in [1.807, 2.05) is 12.1 Å². The van der Waals surface area contributed by atoms with Crippen LogP contribution in [0.3, 0.4) is 0 Å². The third-order valence-electron chi connectivity index (χ3n) is 2.54. The second-order valence-electron chi connectivity index (χ2n) is 4.08. The monoisotopic (exact) mass is 408 g/mol. The summed E-state index contributed by atoms with van der Waals surface area (Å²) < 4.78 is 6.79. The number of rotatable bonds is 4. The number of nitrogens with one attached hydrogen (secondary N) is 1. The van der Waals surface area contributed by atoms with Gasteiger partial charge >= 0.3 is 0 Å². The summed E-state index contributed by atoms with van der Waals surface area (Å²) in [6.45, 7) is -0.00221. The molecule has 0 aliphatic carbocycles. The molecule has 0 saturated heterocycles. The zero-order valence-corrected chi connectivity index (χ0v) is 13.9. The van der Waals surface area contributed by atoms with Gasteiger partial charge in [0, 0.05) is 20.2 Å². The molecule has 0 atom stereocenters. The fourth-order valence-electron chi connectivity index (χ4n) is 1.64. The molecule has 0 fully saturated rings. The Balaban J connectivity index is 2.07. The summed E-state index contributed by atoms with van der Waals surface area (Å²) in [5.74, 6) is 0.377. The minimum atomic E-state index is -0.206. The van der Waals surface area contributed by atoms with E-state index >= 15 is 0 Å². The number of anilines is 1. The zero-order chi connectivity index (χ0) is 15.2. The quantitative estimate of drug-likeness (QED) is 0.815. The smallest absolute Gasteiger partial charge is 0.255 e. The number of amides is 1. The summed E-state index contributed by atoms with van der Waals surface area (Å²) >= 11 is 6.69. The maximum Gasteiger partial charge on any atom is 0.255 e. The van der Waals surface area contributed by atoms with Crippen LogP contribution in [0.4, 0.5) is 5.69 Å². The molecule has 0 bridgehead atoms. The second kappa shape index (κ2) is 7.25. The van der Waals surface area contributed by atoms with Gasteiger partial charge in [-0.3, -0.25) is 4.79 Å². The largest absolute Gasteiger partial charge is 0.479 e. The molecule has 0 saturated carbocycles. The van der Waals surface area contributed by atoms with Crippen LogP contribution in [-0.4, -0.2) is 12.5 Å². The number of benzene rings is 2. The van der Waals surface area contributed by atoms with Crippen molar-refractivity contribution in [1.29, 1.82) is 5.26 Å². The van der Waals surface area contributed by atoms with Crippen molar-refractivity contribution in [2.24, 2.45) is 0 Å². The molecule has 0 radical (unpaired) electrons. The van der Waals surface area contributed by atoms with Crippen molar-refractivity contribution in [2.45, 2.75) is 0 Å². The Labute approximate surface area is 139 Å². The molecular formula is C15H10Br2N2O2. The Kier molecular flexibility index (Phi) is 5.37. The van der Waals surface area contributed by atoms with E-state index in [9.17, 15) is 4.79 Å². The predicted molar refractivity (Wildman–Crippen MR) is 87.3 cm³/mol. The Morgan fingerprint density at radius 2 is 1.76 bits per heavy atom. The SMILES string of the molecule is N#CCOc1ccc(NC(=O)c2cc(Br)cc(Br)c2)cc1. The van der Waals surface area contributed by atoms with E-state index in [0.29, 0.717) is 17.0 Å². The molecule has 21 heavy (non-hydrogen) atoms. The van der Waals surface area contributed by atoms with Crippen LogP contribution >= 0.6 is 31.9 Å². The van der Waals surface area contributed by atoms with Gasteiger partial charge in [-0.2, -0.15) is 5.26 Å². The van der Waals surface area contributed by atoms with Crippen LogP contribution in [0.1, 0.15) is 10.4 Å². The van der Waals surface area contributed by atoms with Gasteiger partial charge < -0.3 is 10.1 Å². The predicted octanol–water partition coefficient (Wildman–Crippen LogP) is 4.37. The van der Waals surface area contributed by atoms with Crippen LogP contribution in [0, 0.1) is 11.3 Å². The van der Waals surface area contributed by atoms with Crippen LogP contribution in [0.5, 0.6) is 5.75 Å². The Bertz CT molecular complexity index is 674. The number of carbonyl (C=O) groups excluding carboxylic acids is 1. The lowest BCUT2D eigenvalue weighted by atomic mass is 10.2. The normalized spacial score (nSPS) is 9.76. The van der Waals surface area contributed by atoms with Gasteiger partial charge in [0.15, 0.2) is 6.61 Å². The summed E-state index contributed by atoms with van der Waals surface area (Å²) in [4.78, 5) is 12.1. The molecule has 0 unspecified atom stereocenters. The molecular weight excluding hydrogens is 400 g/mol. The van der Waals surface area contributed by atoms with Crippen LogP contribution in [0.2, 0.25) is 0 Å². The van der Waals surface area contributed by atoms with Crippen LogP contribution in [-0.2, 0) is 0 Å². The molecule has 0 aromatic heterocycles. The second-order valence-corrected chi connectivity index (χ2v) is 5.91. The molecule has 106 valence electrons. The van der Waals surface area contributed by atoms with E-state index in [1.165, 1.54) is 0 Å². The van der Waals surface area contributed by atoms with Crippen molar-refractivity contribution in [3.05, 3.63) is 57.0 Å². The topological polar surface area (TPSA) is 62.1 Å². The van der Waals surface area contributed by atoms with Crippen molar-refractivity contribution in [2.75, 3.05) is 11.9 Å². The first-order valence-electron chi connectivity index (χ1n) is 5.96. The van der Waals surface area contributed by atoms with Crippen LogP contribution in [0.25, 0.3) is 0 Å². The summed E-state index contributed by atoms with van der Waals surface area (Å²) in [6.07, 6.45) is 0. The van der Waals surface area contributed by atoms with Gasteiger partial charge in [-0.15, -0.1) is 0 Å².